The number of ether oxygens (including phenoxy) is 1. The van der Waals surface area contributed by atoms with Gasteiger partial charge in [-0.15, -0.1) is 15.0 Å². The van der Waals surface area contributed by atoms with Gasteiger partial charge in [-0.3, -0.25) is 4.79 Å². The molecule has 0 bridgehead atoms. The number of thiophene rings is 1. The minimum Gasteiger partial charge on any atom is -0.441 e. The quantitative estimate of drug-likeness (QED) is 0.625. The fourth-order valence-electron chi connectivity index (χ4n) is 2.35. The van der Waals surface area contributed by atoms with Crippen LogP contribution in [0.4, 0.5) is 13.2 Å². The third-order valence-corrected chi connectivity index (χ3v) is 4.22. The molecule has 0 spiro atoms. The van der Waals surface area contributed by atoms with E-state index in [9.17, 15) is 23.2 Å². The molecule has 3 rings (SSSR count). The van der Waals surface area contributed by atoms with Crippen molar-refractivity contribution in [2.75, 3.05) is 0 Å². The monoisotopic (exact) mass is 392 g/mol. The van der Waals surface area contributed by atoms with Crippen molar-refractivity contribution in [3.8, 4) is 28.5 Å². The first kappa shape index (κ1) is 18.6. The van der Waals surface area contributed by atoms with Crippen LogP contribution in [0.5, 0.6) is 0 Å². The number of aromatic nitrogens is 3. The maximum Gasteiger partial charge on any atom is 0.416 e. The number of alkyl halides is 3. The molecule has 1 aromatic carbocycles. The van der Waals surface area contributed by atoms with Crippen LogP contribution in [0.25, 0.3) is 22.4 Å². The third kappa shape index (κ3) is 4.15. The number of rotatable bonds is 4. The van der Waals surface area contributed by atoms with E-state index in [0.29, 0.717) is 11.1 Å². The maximum absolute atomic E-state index is 13.3. The Labute approximate surface area is 155 Å². The van der Waals surface area contributed by atoms with Gasteiger partial charge in [0, 0.05) is 12.5 Å². The van der Waals surface area contributed by atoms with E-state index in [1.165, 1.54) is 24.3 Å². The first-order valence-electron chi connectivity index (χ1n) is 7.52. The van der Waals surface area contributed by atoms with Crippen LogP contribution >= 0.6 is 11.3 Å². The summed E-state index contributed by atoms with van der Waals surface area (Å²) in [5, 5.41) is 20.6. The van der Waals surface area contributed by atoms with Crippen LogP contribution in [-0.4, -0.2) is 21.0 Å². The number of carbonyl (C=O) groups excluding carboxylic acids is 1. The highest BCUT2D eigenvalue weighted by Crippen LogP contribution is 2.36. The normalized spacial score (nSPS) is 11.2. The smallest absolute Gasteiger partial charge is 0.416 e. The van der Waals surface area contributed by atoms with Crippen molar-refractivity contribution >= 4 is 17.3 Å². The average molecular weight is 392 g/mol. The van der Waals surface area contributed by atoms with E-state index in [4.69, 9.17) is 4.74 Å². The topological polar surface area (TPSA) is 80.8 Å². The highest BCUT2D eigenvalue weighted by atomic mass is 32.1. The largest absolute Gasteiger partial charge is 0.441 e. The second kappa shape index (κ2) is 7.20. The van der Waals surface area contributed by atoms with Gasteiger partial charge in [-0.2, -0.15) is 29.8 Å². The van der Waals surface area contributed by atoms with Gasteiger partial charge in [0.05, 0.1) is 5.56 Å². The molecule has 0 fully saturated rings. The summed E-state index contributed by atoms with van der Waals surface area (Å²) in [6.07, 6.45) is -4.57. The second-order valence-corrected chi connectivity index (χ2v) is 6.24. The van der Waals surface area contributed by atoms with Gasteiger partial charge < -0.3 is 4.74 Å². The molecule has 3 aromatic rings. The van der Waals surface area contributed by atoms with Crippen LogP contribution in [0.1, 0.15) is 18.2 Å². The Morgan fingerprint density at radius 2 is 2.00 bits per heavy atom. The molecule has 10 heteroatoms. The Hall–Kier alpha value is -3.19. The molecule has 0 saturated heterocycles. The van der Waals surface area contributed by atoms with Crippen LogP contribution in [0, 0.1) is 11.3 Å². The summed E-state index contributed by atoms with van der Waals surface area (Å²) in [5.41, 5.74) is 0.0129. The van der Waals surface area contributed by atoms with Crippen LogP contribution in [-0.2, 0) is 22.4 Å². The molecule has 0 N–H and O–H groups in total. The summed E-state index contributed by atoms with van der Waals surface area (Å²) < 4.78 is 44.8. The number of nitriles is 1. The fourth-order valence-corrected chi connectivity index (χ4v) is 3.01. The lowest BCUT2D eigenvalue weighted by Crippen LogP contribution is -2.09. The van der Waals surface area contributed by atoms with Gasteiger partial charge in [-0.1, -0.05) is 0 Å². The molecule has 27 heavy (non-hydrogen) atoms. The summed E-state index contributed by atoms with van der Waals surface area (Å²) in [4.78, 5) is 11.8. The molecular weight excluding hydrogens is 381 g/mol. The first-order chi connectivity index (χ1) is 12.8. The minimum absolute atomic E-state index is 0.0211. The standard InChI is InChI=1S/C17H11F3N4O2S/c1-10(25)26-9-24-22-15(7-21)16(23-24)13-4-12(11-2-3-27-8-11)5-14(6-13)17(18,19)20/h2-6,8H,9H2,1H3. The number of hydrogen-bond acceptors (Lipinski definition) is 6. The molecular formula is C17H11F3N4O2S. The van der Waals surface area contributed by atoms with Crippen LogP contribution in [0.3, 0.4) is 0 Å². The minimum atomic E-state index is -4.57. The van der Waals surface area contributed by atoms with Gasteiger partial charge in [0.2, 0.25) is 6.73 Å². The predicted molar refractivity (Wildman–Crippen MR) is 90.3 cm³/mol. The average Bonchev–Trinajstić information content (AvgIpc) is 3.28. The molecule has 138 valence electrons. The first-order valence-corrected chi connectivity index (χ1v) is 8.46. The number of halogens is 3. The van der Waals surface area contributed by atoms with Crippen molar-refractivity contribution < 1.29 is 22.7 Å². The van der Waals surface area contributed by atoms with E-state index < -0.39 is 17.7 Å². The number of nitrogens with zero attached hydrogens (tertiary/aromatic N) is 4. The number of hydrogen-bond donors (Lipinski definition) is 0. The number of esters is 1. The van der Waals surface area contributed by atoms with Crippen molar-refractivity contribution in [3.63, 3.8) is 0 Å². The number of benzene rings is 1. The Bertz CT molecular complexity index is 1020. The summed E-state index contributed by atoms with van der Waals surface area (Å²) in [6.45, 7) is 0.843. The highest BCUT2D eigenvalue weighted by Gasteiger charge is 2.32. The molecule has 2 heterocycles. The highest BCUT2D eigenvalue weighted by molar-refractivity contribution is 7.08. The lowest BCUT2D eigenvalue weighted by Gasteiger charge is -2.11. The Morgan fingerprint density at radius 1 is 1.26 bits per heavy atom. The van der Waals surface area contributed by atoms with E-state index in [1.807, 2.05) is 0 Å². The van der Waals surface area contributed by atoms with Gasteiger partial charge in [0.15, 0.2) is 5.69 Å². The third-order valence-electron chi connectivity index (χ3n) is 3.53. The van der Waals surface area contributed by atoms with Crippen LogP contribution in [0.15, 0.2) is 35.0 Å². The maximum atomic E-state index is 13.3. The molecule has 0 aliphatic heterocycles. The molecule has 0 aliphatic rings. The van der Waals surface area contributed by atoms with Crippen molar-refractivity contribution in [1.82, 2.24) is 15.0 Å². The predicted octanol–water partition coefficient (Wildman–Crippen LogP) is 4.08. The van der Waals surface area contributed by atoms with Crippen molar-refractivity contribution in [1.29, 1.82) is 5.26 Å². The Morgan fingerprint density at radius 3 is 2.59 bits per heavy atom. The zero-order chi connectivity index (χ0) is 19.6. The summed E-state index contributed by atoms with van der Waals surface area (Å²) >= 11 is 1.36. The van der Waals surface area contributed by atoms with Crippen molar-refractivity contribution in [3.05, 3.63) is 46.3 Å². The lowest BCUT2D eigenvalue weighted by atomic mass is 9.99. The van der Waals surface area contributed by atoms with Gasteiger partial charge in [-0.05, 0) is 46.2 Å². The van der Waals surface area contributed by atoms with Crippen molar-refractivity contribution in [2.24, 2.45) is 0 Å². The molecule has 0 radical (unpaired) electrons. The molecule has 2 aromatic heterocycles. The molecule has 0 unspecified atom stereocenters. The Balaban J connectivity index is 2.12. The Kier molecular flexibility index (Phi) is 4.96. The van der Waals surface area contributed by atoms with E-state index in [2.05, 4.69) is 10.2 Å². The van der Waals surface area contributed by atoms with Crippen LogP contribution < -0.4 is 0 Å². The zero-order valence-corrected chi connectivity index (χ0v) is 14.6. The number of carbonyl (C=O) groups is 1. The van der Waals surface area contributed by atoms with Gasteiger partial charge >= 0.3 is 12.1 Å². The molecule has 6 nitrogen and oxygen atoms in total. The zero-order valence-electron chi connectivity index (χ0n) is 13.8. The van der Waals surface area contributed by atoms with E-state index in [0.717, 1.165) is 16.9 Å². The van der Waals surface area contributed by atoms with E-state index in [1.54, 1.807) is 22.9 Å². The molecule has 0 amide bonds. The van der Waals surface area contributed by atoms with E-state index in [-0.39, 0.29) is 23.7 Å². The van der Waals surface area contributed by atoms with Crippen molar-refractivity contribution in [2.45, 2.75) is 19.8 Å². The van der Waals surface area contributed by atoms with Gasteiger partial charge in [0.1, 0.15) is 11.8 Å². The SMILES string of the molecule is CC(=O)OCn1nc(C#N)c(-c2cc(-c3ccsc3)cc(C(F)(F)F)c2)n1. The summed E-state index contributed by atoms with van der Waals surface area (Å²) in [6, 6.07) is 6.97. The molecule has 0 saturated carbocycles. The van der Waals surface area contributed by atoms with Gasteiger partial charge in [-0.25, -0.2) is 0 Å². The lowest BCUT2D eigenvalue weighted by molar-refractivity contribution is -0.145. The summed E-state index contributed by atoms with van der Waals surface area (Å²) in [7, 11) is 0. The summed E-state index contributed by atoms with van der Waals surface area (Å²) in [5.74, 6) is -0.578. The molecule has 0 atom stereocenters. The second-order valence-electron chi connectivity index (χ2n) is 5.46. The van der Waals surface area contributed by atoms with Crippen LogP contribution in [0.2, 0.25) is 0 Å². The van der Waals surface area contributed by atoms with Gasteiger partial charge in [0.25, 0.3) is 0 Å². The fraction of sp³-hybridized carbons (Fsp3) is 0.176. The molecule has 0 aliphatic carbocycles. The van der Waals surface area contributed by atoms with E-state index >= 15 is 0 Å².